The van der Waals surface area contributed by atoms with Crippen LogP contribution in [0.2, 0.25) is 0 Å². The number of carbonyl (C=O) groups excluding carboxylic acids is 1. The van der Waals surface area contributed by atoms with E-state index in [-0.39, 0.29) is 5.91 Å². The molecule has 0 unspecified atom stereocenters. The van der Waals surface area contributed by atoms with Crippen LogP contribution in [0.3, 0.4) is 0 Å². The Morgan fingerprint density at radius 1 is 1.17 bits per heavy atom. The third kappa shape index (κ3) is 6.74. The minimum Gasteiger partial charge on any atom is -0.493 e. The van der Waals surface area contributed by atoms with Gasteiger partial charge in [-0.25, -0.2) is 0 Å². The van der Waals surface area contributed by atoms with E-state index in [0.717, 1.165) is 31.6 Å². The molecule has 0 bridgehead atoms. The summed E-state index contributed by atoms with van der Waals surface area (Å²) in [7, 11) is 3.19. The molecule has 1 rings (SSSR count). The number of hydrogen-bond acceptors (Lipinski definition) is 3. The van der Waals surface area contributed by atoms with Crippen molar-refractivity contribution in [3.05, 3.63) is 29.8 Å². The van der Waals surface area contributed by atoms with E-state index in [9.17, 15) is 4.79 Å². The maximum atomic E-state index is 11.8. The molecule has 0 fully saturated rings. The average molecular weight is 321 g/mol. The molecule has 0 atom stereocenters. The van der Waals surface area contributed by atoms with Gasteiger partial charge in [0.25, 0.3) is 0 Å². The second kappa shape index (κ2) is 10.7. The van der Waals surface area contributed by atoms with Crippen molar-refractivity contribution in [1.29, 1.82) is 0 Å². The van der Waals surface area contributed by atoms with Crippen LogP contribution in [0.5, 0.6) is 11.5 Å². The van der Waals surface area contributed by atoms with E-state index in [1.165, 1.54) is 0 Å². The number of amides is 1. The van der Waals surface area contributed by atoms with Gasteiger partial charge in [0.15, 0.2) is 11.5 Å². The summed E-state index contributed by atoms with van der Waals surface area (Å²) in [5.74, 6) is 1.25. The molecule has 128 valence electrons. The lowest BCUT2D eigenvalue weighted by molar-refractivity contribution is -0.896. The highest BCUT2D eigenvalue weighted by molar-refractivity contribution is 5.91. The van der Waals surface area contributed by atoms with Gasteiger partial charge in [0.1, 0.15) is 0 Å². The first-order valence-electron chi connectivity index (χ1n) is 8.16. The zero-order chi connectivity index (χ0) is 17.1. The van der Waals surface area contributed by atoms with Gasteiger partial charge in [-0.3, -0.25) is 4.79 Å². The monoisotopic (exact) mass is 321 g/mol. The highest BCUT2D eigenvalue weighted by Gasteiger charge is 2.04. The normalized spacial score (nSPS) is 11.0. The molecule has 0 saturated carbocycles. The van der Waals surface area contributed by atoms with E-state index in [1.807, 2.05) is 18.2 Å². The number of benzene rings is 1. The molecule has 0 heterocycles. The predicted octanol–water partition coefficient (Wildman–Crippen LogP) is 1.15. The highest BCUT2D eigenvalue weighted by atomic mass is 16.5. The lowest BCUT2D eigenvalue weighted by Gasteiger charge is -2.14. The van der Waals surface area contributed by atoms with Crippen LogP contribution in [0.15, 0.2) is 24.3 Å². The summed E-state index contributed by atoms with van der Waals surface area (Å²) in [4.78, 5) is 13.4. The van der Waals surface area contributed by atoms with Crippen LogP contribution < -0.4 is 19.7 Å². The molecule has 1 aromatic rings. The third-order valence-electron chi connectivity index (χ3n) is 3.84. The lowest BCUT2D eigenvalue weighted by atomic mass is 10.2. The molecule has 2 N–H and O–H groups in total. The highest BCUT2D eigenvalue weighted by Crippen LogP contribution is 2.27. The molecule has 1 aromatic carbocycles. The number of quaternary nitrogens is 1. The van der Waals surface area contributed by atoms with Crippen molar-refractivity contribution in [2.45, 2.75) is 20.3 Å². The number of rotatable bonds is 10. The number of hydrogen-bond donors (Lipinski definition) is 2. The summed E-state index contributed by atoms with van der Waals surface area (Å²) in [5.41, 5.74) is 0.894. The van der Waals surface area contributed by atoms with Crippen LogP contribution in [0.1, 0.15) is 25.8 Å². The topological polar surface area (TPSA) is 52.0 Å². The largest absolute Gasteiger partial charge is 0.493 e. The fourth-order valence-corrected chi connectivity index (χ4v) is 2.34. The van der Waals surface area contributed by atoms with Crippen molar-refractivity contribution >= 4 is 12.0 Å². The van der Waals surface area contributed by atoms with Crippen molar-refractivity contribution < 1.29 is 19.2 Å². The van der Waals surface area contributed by atoms with E-state index in [2.05, 4.69) is 19.2 Å². The molecule has 0 aliphatic carbocycles. The van der Waals surface area contributed by atoms with E-state index < -0.39 is 0 Å². The van der Waals surface area contributed by atoms with Crippen molar-refractivity contribution in [3.63, 3.8) is 0 Å². The number of ether oxygens (including phenoxy) is 2. The maximum Gasteiger partial charge on any atom is 0.244 e. The molecule has 0 aliphatic heterocycles. The smallest absolute Gasteiger partial charge is 0.244 e. The van der Waals surface area contributed by atoms with Crippen molar-refractivity contribution in [2.24, 2.45) is 0 Å². The van der Waals surface area contributed by atoms with E-state index in [1.54, 1.807) is 31.3 Å². The summed E-state index contributed by atoms with van der Waals surface area (Å²) in [5, 5.41) is 2.91. The molecular formula is C18H29N2O3+. The second-order valence-electron chi connectivity index (χ2n) is 5.30. The first kappa shape index (κ1) is 19.0. The minimum atomic E-state index is -0.0747. The number of carbonyl (C=O) groups is 1. The van der Waals surface area contributed by atoms with Crippen LogP contribution in [0, 0.1) is 0 Å². The molecule has 23 heavy (non-hydrogen) atoms. The van der Waals surface area contributed by atoms with Crippen LogP contribution >= 0.6 is 0 Å². The van der Waals surface area contributed by atoms with Gasteiger partial charge in [0, 0.05) is 19.0 Å². The van der Waals surface area contributed by atoms with Gasteiger partial charge in [0.2, 0.25) is 5.91 Å². The Morgan fingerprint density at radius 3 is 2.48 bits per heavy atom. The van der Waals surface area contributed by atoms with Crippen molar-refractivity contribution in [2.75, 3.05) is 40.4 Å². The molecular weight excluding hydrogens is 292 g/mol. The Hall–Kier alpha value is -2.01. The first-order valence-corrected chi connectivity index (χ1v) is 8.16. The van der Waals surface area contributed by atoms with Crippen LogP contribution in [-0.4, -0.2) is 46.3 Å². The molecule has 0 aliphatic rings. The van der Waals surface area contributed by atoms with E-state index in [4.69, 9.17) is 9.47 Å². The lowest BCUT2D eigenvalue weighted by Crippen LogP contribution is -3.11. The average Bonchev–Trinajstić information content (AvgIpc) is 2.59. The van der Waals surface area contributed by atoms with E-state index in [0.29, 0.717) is 18.0 Å². The van der Waals surface area contributed by atoms with Gasteiger partial charge in [-0.05, 0) is 37.6 Å². The van der Waals surface area contributed by atoms with Gasteiger partial charge < -0.3 is 19.7 Å². The Labute approximate surface area is 139 Å². The predicted molar refractivity (Wildman–Crippen MR) is 93.1 cm³/mol. The standard InChI is InChI=1S/C18H28N2O3/c1-5-20(6-2)13-7-12-19-18(21)11-9-15-8-10-16(22-3)17(14-15)23-4/h8-11,14H,5-7,12-13H2,1-4H3,(H,19,21)/p+1/b11-9+. The summed E-state index contributed by atoms with van der Waals surface area (Å²) in [6.45, 7) is 8.42. The SMILES string of the molecule is CC[NH+](CC)CCCNC(=O)/C=C/c1ccc(OC)c(OC)c1. The first-order chi connectivity index (χ1) is 11.1. The molecule has 1 amide bonds. The Kier molecular flexibility index (Phi) is 8.83. The molecule has 0 spiro atoms. The van der Waals surface area contributed by atoms with Crippen LogP contribution in [0.25, 0.3) is 6.08 Å². The summed E-state index contributed by atoms with van der Waals surface area (Å²) in [6, 6.07) is 5.55. The minimum absolute atomic E-state index is 0.0747. The number of methoxy groups -OCH3 is 2. The summed E-state index contributed by atoms with van der Waals surface area (Å²) < 4.78 is 10.4. The Morgan fingerprint density at radius 2 is 1.87 bits per heavy atom. The van der Waals surface area contributed by atoms with Gasteiger partial charge in [-0.15, -0.1) is 0 Å². The van der Waals surface area contributed by atoms with Gasteiger partial charge >= 0.3 is 0 Å². The molecule has 0 aromatic heterocycles. The number of nitrogens with one attached hydrogen (secondary N) is 2. The van der Waals surface area contributed by atoms with Gasteiger partial charge in [-0.1, -0.05) is 6.07 Å². The molecule has 0 radical (unpaired) electrons. The quantitative estimate of drug-likeness (QED) is 0.502. The Bertz CT molecular complexity index is 511. The zero-order valence-corrected chi connectivity index (χ0v) is 14.6. The molecule has 5 heteroatoms. The van der Waals surface area contributed by atoms with Crippen molar-refractivity contribution in [1.82, 2.24) is 5.32 Å². The molecule has 5 nitrogen and oxygen atoms in total. The zero-order valence-electron chi connectivity index (χ0n) is 14.6. The van der Waals surface area contributed by atoms with Gasteiger partial charge in [0.05, 0.1) is 33.9 Å². The fourth-order valence-electron chi connectivity index (χ4n) is 2.34. The van der Waals surface area contributed by atoms with Crippen molar-refractivity contribution in [3.8, 4) is 11.5 Å². The summed E-state index contributed by atoms with van der Waals surface area (Å²) >= 11 is 0. The van der Waals surface area contributed by atoms with Gasteiger partial charge in [-0.2, -0.15) is 0 Å². The van der Waals surface area contributed by atoms with E-state index >= 15 is 0 Å². The summed E-state index contributed by atoms with van der Waals surface area (Å²) in [6.07, 6.45) is 4.31. The fraction of sp³-hybridized carbons (Fsp3) is 0.500. The van der Waals surface area contributed by atoms with Crippen LogP contribution in [-0.2, 0) is 4.79 Å². The molecule has 0 saturated heterocycles. The third-order valence-corrected chi connectivity index (χ3v) is 3.84. The van der Waals surface area contributed by atoms with Crippen LogP contribution in [0.4, 0.5) is 0 Å². The maximum absolute atomic E-state index is 11.8. The second-order valence-corrected chi connectivity index (χ2v) is 5.30. The Balaban J connectivity index is 2.43.